The quantitative estimate of drug-likeness (QED) is 0.677. The minimum Gasteiger partial charge on any atom is -0.359 e. The summed E-state index contributed by atoms with van der Waals surface area (Å²) in [7, 11) is 3.49. The third-order valence-electron chi connectivity index (χ3n) is 2.25. The fourth-order valence-corrected chi connectivity index (χ4v) is 1.52. The van der Waals surface area contributed by atoms with Gasteiger partial charge in [0.05, 0.1) is 6.54 Å². The molecule has 0 spiro atoms. The van der Waals surface area contributed by atoms with E-state index in [1.807, 2.05) is 25.8 Å². The summed E-state index contributed by atoms with van der Waals surface area (Å²) in [6.07, 6.45) is 1.51. The van der Waals surface area contributed by atoms with Gasteiger partial charge in [0.25, 0.3) is 0 Å². The van der Waals surface area contributed by atoms with Crippen molar-refractivity contribution in [2.45, 2.75) is 26.7 Å². The Bertz CT molecular complexity index is 217. The zero-order chi connectivity index (χ0) is 11.8. The van der Waals surface area contributed by atoms with Gasteiger partial charge in [0.15, 0.2) is 0 Å². The molecule has 1 atom stereocenters. The summed E-state index contributed by atoms with van der Waals surface area (Å²) >= 11 is 0. The number of nitrogens with one attached hydrogen (secondary N) is 1. The van der Waals surface area contributed by atoms with Gasteiger partial charge in [-0.15, -0.1) is 0 Å². The molecule has 15 heavy (non-hydrogen) atoms. The summed E-state index contributed by atoms with van der Waals surface area (Å²) in [6.45, 7) is 4.91. The van der Waals surface area contributed by atoms with Gasteiger partial charge in [-0.25, -0.2) is 0 Å². The van der Waals surface area contributed by atoms with Gasteiger partial charge in [-0.1, -0.05) is 13.8 Å². The van der Waals surface area contributed by atoms with Crippen molar-refractivity contribution in [2.24, 2.45) is 5.92 Å². The Kier molecular flexibility index (Phi) is 6.96. The molecule has 0 fully saturated rings. The van der Waals surface area contributed by atoms with E-state index in [0.717, 1.165) is 6.42 Å². The SMILES string of the molecule is CCCC(=O)CN(C)CC(C)C(=O)NC. The molecule has 0 aliphatic heterocycles. The van der Waals surface area contributed by atoms with E-state index in [2.05, 4.69) is 5.32 Å². The van der Waals surface area contributed by atoms with Gasteiger partial charge in [-0.05, 0) is 13.5 Å². The minimum atomic E-state index is -0.0746. The van der Waals surface area contributed by atoms with Crippen LogP contribution < -0.4 is 5.32 Å². The summed E-state index contributed by atoms with van der Waals surface area (Å²) in [5.74, 6) is 0.184. The fourth-order valence-electron chi connectivity index (χ4n) is 1.52. The number of amides is 1. The van der Waals surface area contributed by atoms with E-state index in [4.69, 9.17) is 0 Å². The molecule has 4 heteroatoms. The molecular formula is C11H22N2O2. The minimum absolute atomic E-state index is 0.0183. The third-order valence-corrected chi connectivity index (χ3v) is 2.25. The van der Waals surface area contributed by atoms with E-state index >= 15 is 0 Å². The average molecular weight is 214 g/mol. The van der Waals surface area contributed by atoms with Crippen molar-refractivity contribution in [3.63, 3.8) is 0 Å². The molecule has 4 nitrogen and oxygen atoms in total. The lowest BCUT2D eigenvalue weighted by Crippen LogP contribution is -2.36. The first-order chi connectivity index (χ1) is 7.01. The predicted octanol–water partition coefficient (Wildman–Crippen LogP) is 0.670. The van der Waals surface area contributed by atoms with Crippen molar-refractivity contribution in [1.82, 2.24) is 10.2 Å². The molecule has 0 aromatic heterocycles. The first kappa shape index (κ1) is 14.1. The van der Waals surface area contributed by atoms with Crippen molar-refractivity contribution >= 4 is 11.7 Å². The van der Waals surface area contributed by atoms with Crippen molar-refractivity contribution in [2.75, 3.05) is 27.2 Å². The van der Waals surface area contributed by atoms with Gasteiger partial charge in [0.1, 0.15) is 5.78 Å². The lowest BCUT2D eigenvalue weighted by atomic mass is 10.1. The van der Waals surface area contributed by atoms with E-state index in [9.17, 15) is 9.59 Å². The van der Waals surface area contributed by atoms with Crippen molar-refractivity contribution in [1.29, 1.82) is 0 Å². The van der Waals surface area contributed by atoms with Crippen LogP contribution in [0.3, 0.4) is 0 Å². The van der Waals surface area contributed by atoms with Crippen molar-refractivity contribution in [3.8, 4) is 0 Å². The zero-order valence-corrected chi connectivity index (χ0v) is 10.2. The second-order valence-electron chi connectivity index (χ2n) is 4.00. The molecule has 0 saturated heterocycles. The number of nitrogens with zero attached hydrogens (tertiary/aromatic N) is 1. The largest absolute Gasteiger partial charge is 0.359 e. The average Bonchev–Trinajstić information content (AvgIpc) is 2.16. The highest BCUT2D eigenvalue weighted by Gasteiger charge is 2.14. The number of carbonyl (C=O) groups is 2. The Labute approximate surface area is 92.0 Å². The van der Waals surface area contributed by atoms with Crippen LogP contribution in [0.1, 0.15) is 26.7 Å². The van der Waals surface area contributed by atoms with Crippen LogP contribution in [0.25, 0.3) is 0 Å². The van der Waals surface area contributed by atoms with Crippen LogP contribution in [0.4, 0.5) is 0 Å². The molecule has 0 aliphatic rings. The van der Waals surface area contributed by atoms with Crippen LogP contribution in [-0.4, -0.2) is 43.8 Å². The maximum Gasteiger partial charge on any atom is 0.223 e. The number of Topliss-reactive ketones (excluding diaryl/α,β-unsaturated/α-hetero) is 1. The van der Waals surface area contributed by atoms with Crippen molar-refractivity contribution < 1.29 is 9.59 Å². The van der Waals surface area contributed by atoms with Gasteiger partial charge in [-0.2, -0.15) is 0 Å². The maximum atomic E-state index is 11.3. The Morgan fingerprint density at radius 2 is 2.00 bits per heavy atom. The summed E-state index contributed by atoms with van der Waals surface area (Å²) < 4.78 is 0. The maximum absolute atomic E-state index is 11.3. The Balaban J connectivity index is 3.87. The monoisotopic (exact) mass is 214 g/mol. The van der Waals surface area contributed by atoms with Gasteiger partial charge in [-0.3, -0.25) is 14.5 Å². The highest BCUT2D eigenvalue weighted by molar-refractivity contribution is 5.80. The Morgan fingerprint density at radius 1 is 1.40 bits per heavy atom. The molecule has 1 amide bonds. The first-order valence-electron chi connectivity index (χ1n) is 5.43. The lowest BCUT2D eigenvalue weighted by Gasteiger charge is -2.19. The number of rotatable bonds is 7. The highest BCUT2D eigenvalue weighted by Crippen LogP contribution is 1.99. The van der Waals surface area contributed by atoms with Gasteiger partial charge < -0.3 is 5.32 Å². The highest BCUT2D eigenvalue weighted by atomic mass is 16.1. The van der Waals surface area contributed by atoms with Crippen LogP contribution in [0, 0.1) is 5.92 Å². The number of hydrogen-bond donors (Lipinski definition) is 1. The van der Waals surface area contributed by atoms with Gasteiger partial charge in [0, 0.05) is 25.9 Å². The van der Waals surface area contributed by atoms with Gasteiger partial charge >= 0.3 is 0 Å². The molecule has 1 N–H and O–H groups in total. The number of likely N-dealkylation sites (N-methyl/N-ethyl adjacent to an activating group) is 1. The van der Waals surface area contributed by atoms with Crippen LogP contribution in [0.2, 0.25) is 0 Å². The lowest BCUT2D eigenvalue weighted by molar-refractivity contribution is -0.125. The number of ketones is 1. The summed E-state index contributed by atoms with van der Waals surface area (Å²) in [5.41, 5.74) is 0. The Morgan fingerprint density at radius 3 is 2.47 bits per heavy atom. The molecule has 1 unspecified atom stereocenters. The van der Waals surface area contributed by atoms with E-state index in [1.165, 1.54) is 0 Å². The molecule has 0 aliphatic carbocycles. The molecule has 0 aromatic carbocycles. The van der Waals surface area contributed by atoms with E-state index < -0.39 is 0 Å². The summed E-state index contributed by atoms with van der Waals surface area (Å²) in [4.78, 5) is 24.5. The third kappa shape index (κ3) is 6.23. The number of carbonyl (C=O) groups excluding carboxylic acids is 2. The molecule has 0 radical (unpaired) electrons. The molecule has 88 valence electrons. The van der Waals surface area contributed by atoms with E-state index in [0.29, 0.717) is 19.5 Å². The molecule has 0 rings (SSSR count). The summed E-state index contributed by atoms with van der Waals surface area (Å²) in [5, 5.41) is 2.60. The molecule has 0 saturated carbocycles. The van der Waals surface area contributed by atoms with Crippen LogP contribution >= 0.6 is 0 Å². The zero-order valence-electron chi connectivity index (χ0n) is 10.2. The van der Waals surface area contributed by atoms with Gasteiger partial charge in [0.2, 0.25) is 5.91 Å². The van der Waals surface area contributed by atoms with Crippen LogP contribution in [0.5, 0.6) is 0 Å². The fraction of sp³-hybridized carbons (Fsp3) is 0.818. The number of hydrogen-bond acceptors (Lipinski definition) is 3. The summed E-state index contributed by atoms with van der Waals surface area (Å²) in [6, 6.07) is 0. The first-order valence-corrected chi connectivity index (χ1v) is 5.43. The van der Waals surface area contributed by atoms with E-state index in [-0.39, 0.29) is 17.6 Å². The molecular weight excluding hydrogens is 192 g/mol. The molecule has 0 bridgehead atoms. The standard InChI is InChI=1S/C11H22N2O2/c1-5-6-10(14)8-13(4)7-9(2)11(15)12-3/h9H,5-8H2,1-4H3,(H,12,15). The topological polar surface area (TPSA) is 49.4 Å². The van der Waals surface area contributed by atoms with Crippen LogP contribution in [0.15, 0.2) is 0 Å². The van der Waals surface area contributed by atoms with Crippen LogP contribution in [-0.2, 0) is 9.59 Å². The smallest absolute Gasteiger partial charge is 0.223 e. The normalized spacial score (nSPS) is 12.6. The molecule has 0 aromatic rings. The Hall–Kier alpha value is -0.900. The second-order valence-corrected chi connectivity index (χ2v) is 4.00. The van der Waals surface area contributed by atoms with Crippen molar-refractivity contribution in [3.05, 3.63) is 0 Å². The second kappa shape index (κ2) is 7.40. The van der Waals surface area contributed by atoms with E-state index in [1.54, 1.807) is 7.05 Å². The molecule has 0 heterocycles. The predicted molar refractivity (Wildman–Crippen MR) is 60.6 cm³/mol.